The lowest BCUT2D eigenvalue weighted by atomic mass is 9.95. The van der Waals surface area contributed by atoms with Gasteiger partial charge in [-0.1, -0.05) is 26.8 Å². The Labute approximate surface area is 165 Å². The van der Waals surface area contributed by atoms with Gasteiger partial charge in [-0.3, -0.25) is 14.3 Å². The van der Waals surface area contributed by atoms with Gasteiger partial charge in [0.05, 0.1) is 5.75 Å². The number of sulfonamides is 1. The van der Waals surface area contributed by atoms with Crippen molar-refractivity contribution in [2.75, 3.05) is 21.1 Å². The van der Waals surface area contributed by atoms with Gasteiger partial charge in [0.2, 0.25) is 15.9 Å². The van der Waals surface area contributed by atoms with Crippen molar-refractivity contribution in [1.82, 2.24) is 0 Å². The maximum absolute atomic E-state index is 12.4. The molecule has 7 nitrogen and oxygen atoms in total. The number of amides is 2. The quantitative estimate of drug-likeness (QED) is 0.684. The summed E-state index contributed by atoms with van der Waals surface area (Å²) in [4.78, 5) is 24.4. The van der Waals surface area contributed by atoms with Crippen molar-refractivity contribution in [2.24, 2.45) is 5.41 Å². The third-order valence-corrected chi connectivity index (χ3v) is 5.17. The van der Waals surface area contributed by atoms with Crippen molar-refractivity contribution in [3.05, 3.63) is 54.1 Å². The molecule has 0 heterocycles. The summed E-state index contributed by atoms with van der Waals surface area (Å²) in [6.45, 7) is 7.01. The Balaban J connectivity index is 2.06. The Bertz CT molecular complexity index is 962. The number of anilines is 3. The van der Waals surface area contributed by atoms with E-state index < -0.39 is 15.4 Å². The Morgan fingerprint density at radius 3 is 2.00 bits per heavy atom. The van der Waals surface area contributed by atoms with E-state index in [1.54, 1.807) is 42.5 Å². The van der Waals surface area contributed by atoms with E-state index in [1.807, 2.05) is 20.8 Å². The van der Waals surface area contributed by atoms with Crippen LogP contribution in [0, 0.1) is 5.41 Å². The van der Waals surface area contributed by atoms with Crippen molar-refractivity contribution in [3.63, 3.8) is 0 Å². The highest BCUT2D eigenvalue weighted by Crippen LogP contribution is 2.20. The number of carbonyl (C=O) groups excluding carboxylic acids is 2. The minimum atomic E-state index is -3.42. The van der Waals surface area contributed by atoms with Crippen molar-refractivity contribution in [2.45, 2.75) is 27.7 Å². The average molecular weight is 404 g/mol. The highest BCUT2D eigenvalue weighted by atomic mass is 32.2. The molecule has 0 fully saturated rings. The molecule has 0 bridgehead atoms. The third-order valence-electron chi connectivity index (χ3n) is 3.86. The molecule has 28 heavy (non-hydrogen) atoms. The molecule has 0 aliphatic rings. The molecule has 0 atom stereocenters. The van der Waals surface area contributed by atoms with E-state index in [9.17, 15) is 18.0 Å². The summed E-state index contributed by atoms with van der Waals surface area (Å²) >= 11 is 0. The summed E-state index contributed by atoms with van der Waals surface area (Å²) in [5, 5.41) is 5.56. The first-order chi connectivity index (χ1) is 13.0. The Morgan fingerprint density at radius 1 is 0.893 bits per heavy atom. The van der Waals surface area contributed by atoms with Crippen LogP contribution in [-0.4, -0.2) is 26.0 Å². The van der Waals surface area contributed by atoms with Gasteiger partial charge in [-0.2, -0.15) is 0 Å². The number of rotatable bonds is 6. The average Bonchev–Trinajstić information content (AvgIpc) is 2.62. The molecule has 8 heteroatoms. The molecule has 2 rings (SSSR count). The molecule has 0 aromatic heterocycles. The fourth-order valence-electron chi connectivity index (χ4n) is 2.13. The molecule has 2 aromatic carbocycles. The molecular weight excluding hydrogens is 378 g/mol. The first kappa shape index (κ1) is 21.4. The SMILES string of the molecule is CCS(=O)(=O)Nc1cccc(C(=O)Nc2ccc(NC(=O)C(C)(C)C)cc2)c1. The predicted octanol–water partition coefficient (Wildman–Crippen LogP) is 3.69. The first-order valence-electron chi connectivity index (χ1n) is 8.83. The molecule has 0 saturated heterocycles. The number of benzene rings is 2. The van der Waals surface area contributed by atoms with Crippen LogP contribution in [0.2, 0.25) is 0 Å². The lowest BCUT2D eigenvalue weighted by Crippen LogP contribution is -2.27. The summed E-state index contributed by atoms with van der Waals surface area (Å²) in [5.74, 6) is -0.527. The zero-order valence-electron chi connectivity index (χ0n) is 16.4. The smallest absolute Gasteiger partial charge is 0.255 e. The second-order valence-corrected chi connectivity index (χ2v) is 9.33. The second kappa shape index (κ2) is 8.43. The fourth-order valence-corrected chi connectivity index (χ4v) is 2.76. The van der Waals surface area contributed by atoms with Gasteiger partial charge in [-0.15, -0.1) is 0 Å². The summed E-state index contributed by atoms with van der Waals surface area (Å²) < 4.78 is 25.8. The molecule has 2 amide bonds. The molecule has 150 valence electrons. The predicted molar refractivity (Wildman–Crippen MR) is 112 cm³/mol. The molecular formula is C20H25N3O4S. The van der Waals surface area contributed by atoms with Gasteiger partial charge in [-0.25, -0.2) is 8.42 Å². The molecule has 0 radical (unpaired) electrons. The van der Waals surface area contributed by atoms with Gasteiger partial charge in [0.15, 0.2) is 0 Å². The highest BCUT2D eigenvalue weighted by Gasteiger charge is 2.21. The standard InChI is InChI=1S/C20H25N3O4S/c1-5-28(26,27)23-17-8-6-7-14(13-17)18(24)21-15-9-11-16(12-10-15)22-19(25)20(2,3)4/h6-13,23H,5H2,1-4H3,(H,21,24)(H,22,25). The second-order valence-electron chi connectivity index (χ2n) is 7.32. The van der Waals surface area contributed by atoms with E-state index in [-0.39, 0.29) is 17.6 Å². The van der Waals surface area contributed by atoms with Crippen LogP contribution in [0.1, 0.15) is 38.1 Å². The normalized spacial score (nSPS) is 11.6. The van der Waals surface area contributed by atoms with Crippen molar-refractivity contribution < 1.29 is 18.0 Å². The van der Waals surface area contributed by atoms with Crippen LogP contribution in [0.25, 0.3) is 0 Å². The minimum Gasteiger partial charge on any atom is -0.326 e. The number of carbonyl (C=O) groups is 2. The molecule has 2 aromatic rings. The number of hydrogen-bond donors (Lipinski definition) is 3. The van der Waals surface area contributed by atoms with Crippen molar-refractivity contribution in [3.8, 4) is 0 Å². The van der Waals surface area contributed by atoms with E-state index >= 15 is 0 Å². The van der Waals surface area contributed by atoms with Crippen LogP contribution >= 0.6 is 0 Å². The Morgan fingerprint density at radius 2 is 1.46 bits per heavy atom. The van der Waals surface area contributed by atoms with Gasteiger partial charge in [0.1, 0.15) is 0 Å². The van der Waals surface area contributed by atoms with Gasteiger partial charge >= 0.3 is 0 Å². The van der Waals surface area contributed by atoms with E-state index in [1.165, 1.54) is 13.0 Å². The van der Waals surface area contributed by atoms with Crippen LogP contribution in [0.4, 0.5) is 17.1 Å². The van der Waals surface area contributed by atoms with Gasteiger partial charge in [-0.05, 0) is 49.4 Å². The van der Waals surface area contributed by atoms with E-state index in [0.29, 0.717) is 22.6 Å². The summed E-state index contributed by atoms with van der Waals surface area (Å²) in [7, 11) is -3.42. The third kappa shape index (κ3) is 6.09. The van der Waals surface area contributed by atoms with E-state index in [4.69, 9.17) is 0 Å². The molecule has 3 N–H and O–H groups in total. The zero-order chi connectivity index (χ0) is 20.9. The van der Waals surface area contributed by atoms with Crippen LogP contribution < -0.4 is 15.4 Å². The van der Waals surface area contributed by atoms with Gasteiger partial charge in [0, 0.05) is 28.0 Å². The monoisotopic (exact) mass is 403 g/mol. The number of hydrogen-bond acceptors (Lipinski definition) is 4. The largest absolute Gasteiger partial charge is 0.326 e. The lowest BCUT2D eigenvalue weighted by Gasteiger charge is -2.17. The Kier molecular flexibility index (Phi) is 6.45. The first-order valence-corrected chi connectivity index (χ1v) is 10.5. The fraction of sp³-hybridized carbons (Fsp3) is 0.300. The van der Waals surface area contributed by atoms with Crippen LogP contribution in [0.3, 0.4) is 0 Å². The van der Waals surface area contributed by atoms with Crippen LogP contribution in [-0.2, 0) is 14.8 Å². The molecule has 0 spiro atoms. The van der Waals surface area contributed by atoms with Crippen LogP contribution in [0.5, 0.6) is 0 Å². The van der Waals surface area contributed by atoms with Crippen molar-refractivity contribution in [1.29, 1.82) is 0 Å². The molecule has 0 aliphatic heterocycles. The highest BCUT2D eigenvalue weighted by molar-refractivity contribution is 7.92. The summed E-state index contributed by atoms with van der Waals surface area (Å²) in [6, 6.07) is 13.0. The lowest BCUT2D eigenvalue weighted by molar-refractivity contribution is -0.123. The maximum Gasteiger partial charge on any atom is 0.255 e. The number of nitrogens with one attached hydrogen (secondary N) is 3. The maximum atomic E-state index is 12.4. The van der Waals surface area contributed by atoms with Gasteiger partial charge < -0.3 is 10.6 Å². The molecule has 0 unspecified atom stereocenters. The molecule has 0 saturated carbocycles. The van der Waals surface area contributed by atoms with Crippen molar-refractivity contribution >= 4 is 38.9 Å². The van der Waals surface area contributed by atoms with E-state index in [0.717, 1.165) is 0 Å². The minimum absolute atomic E-state index is 0.0540. The summed E-state index contributed by atoms with van der Waals surface area (Å²) in [5.41, 5.74) is 1.33. The molecule has 0 aliphatic carbocycles. The Hall–Kier alpha value is -2.87. The summed E-state index contributed by atoms with van der Waals surface area (Å²) in [6.07, 6.45) is 0. The van der Waals surface area contributed by atoms with E-state index in [2.05, 4.69) is 15.4 Å². The topological polar surface area (TPSA) is 104 Å². The van der Waals surface area contributed by atoms with Crippen LogP contribution in [0.15, 0.2) is 48.5 Å². The zero-order valence-corrected chi connectivity index (χ0v) is 17.2. The van der Waals surface area contributed by atoms with Gasteiger partial charge in [0.25, 0.3) is 5.91 Å².